The van der Waals surface area contributed by atoms with E-state index in [2.05, 4.69) is 4.74 Å². The van der Waals surface area contributed by atoms with Gasteiger partial charge in [-0.15, -0.1) is 0 Å². The van der Waals surface area contributed by atoms with Crippen molar-refractivity contribution in [2.45, 2.75) is 39.4 Å². The lowest BCUT2D eigenvalue weighted by Crippen LogP contribution is -2.46. The molecule has 0 rings (SSSR count). The van der Waals surface area contributed by atoms with E-state index in [1.54, 1.807) is 20.8 Å². The van der Waals surface area contributed by atoms with Gasteiger partial charge in [0.05, 0.1) is 6.61 Å². The van der Waals surface area contributed by atoms with Crippen LogP contribution in [0, 0.1) is 0 Å². The Morgan fingerprint density at radius 2 is 1.45 bits per heavy atom. The van der Waals surface area contributed by atoms with Crippen LogP contribution in [0.2, 0.25) is 6.04 Å². The molecule has 5 nitrogen and oxygen atoms in total. The van der Waals surface area contributed by atoms with E-state index in [-0.39, 0.29) is 13.0 Å². The molecule has 0 spiro atoms. The topological polar surface area (TPSA) is 54.0 Å². The summed E-state index contributed by atoms with van der Waals surface area (Å²) in [5.41, 5.74) is 0. The minimum absolute atomic E-state index is 0.189. The van der Waals surface area contributed by atoms with Gasteiger partial charge in [-0.05, 0) is 27.2 Å². The average molecular weight is 318 g/mol. The fourth-order valence-corrected chi connectivity index (χ4v) is 4.12. The predicted molar refractivity (Wildman–Crippen MR) is 67.1 cm³/mol. The first-order chi connectivity index (χ1) is 9.31. The summed E-state index contributed by atoms with van der Waals surface area (Å²) in [4.78, 5) is 10.5. The van der Waals surface area contributed by atoms with E-state index in [4.69, 9.17) is 13.3 Å². The molecule has 0 N–H and O–H groups in total. The Balaban J connectivity index is 4.29. The maximum atomic E-state index is 11.9. The third-order valence-corrected chi connectivity index (χ3v) is 5.34. The number of ether oxygens (including phenoxy) is 1. The van der Waals surface area contributed by atoms with E-state index in [0.717, 1.165) is 0 Å². The highest BCUT2D eigenvalue weighted by Crippen LogP contribution is 2.20. The molecule has 0 fully saturated rings. The standard InChI is InChI=1S/C11H21F3O5Si/c1-4-17-20(18-5-2,19-6-3)9-7-8-16-10(15)11(12,13)14/h4-9H2,1-3H3. The van der Waals surface area contributed by atoms with Crippen molar-refractivity contribution in [3.05, 3.63) is 0 Å². The van der Waals surface area contributed by atoms with Crippen molar-refractivity contribution in [3.63, 3.8) is 0 Å². The molecule has 0 heterocycles. The molecule has 0 saturated heterocycles. The molecule has 120 valence electrons. The van der Waals surface area contributed by atoms with Gasteiger partial charge in [0.15, 0.2) is 0 Å². The Morgan fingerprint density at radius 3 is 1.80 bits per heavy atom. The van der Waals surface area contributed by atoms with Gasteiger partial charge < -0.3 is 18.0 Å². The number of carbonyl (C=O) groups is 1. The molecule has 0 aliphatic carbocycles. The molecule has 0 saturated carbocycles. The summed E-state index contributed by atoms with van der Waals surface area (Å²) in [6, 6.07) is 0.299. The molecule has 0 unspecified atom stereocenters. The minimum atomic E-state index is -4.96. The number of hydrogen-bond acceptors (Lipinski definition) is 5. The van der Waals surface area contributed by atoms with Gasteiger partial charge in [-0.2, -0.15) is 13.2 Å². The van der Waals surface area contributed by atoms with Crippen molar-refractivity contribution in [2.75, 3.05) is 26.4 Å². The average Bonchev–Trinajstić information content (AvgIpc) is 2.34. The Bertz CT molecular complexity index is 269. The van der Waals surface area contributed by atoms with Gasteiger partial charge in [-0.25, -0.2) is 4.79 Å². The van der Waals surface area contributed by atoms with Crippen LogP contribution >= 0.6 is 0 Å². The first-order valence-corrected chi connectivity index (χ1v) is 8.40. The molecule has 0 aromatic heterocycles. The zero-order valence-corrected chi connectivity index (χ0v) is 12.9. The van der Waals surface area contributed by atoms with Gasteiger partial charge in [-0.3, -0.25) is 0 Å². The zero-order chi connectivity index (χ0) is 15.6. The van der Waals surface area contributed by atoms with E-state index in [1.165, 1.54) is 0 Å². The van der Waals surface area contributed by atoms with Gasteiger partial charge in [-0.1, -0.05) is 0 Å². The molecular formula is C11H21F3O5Si. The smallest absolute Gasteiger partial charge is 0.459 e. The highest BCUT2D eigenvalue weighted by molar-refractivity contribution is 6.60. The summed E-state index contributed by atoms with van der Waals surface area (Å²) in [6.45, 7) is 6.15. The number of hydrogen-bond donors (Lipinski definition) is 0. The van der Waals surface area contributed by atoms with Gasteiger partial charge >= 0.3 is 21.0 Å². The van der Waals surface area contributed by atoms with Crippen molar-refractivity contribution in [1.82, 2.24) is 0 Å². The number of esters is 1. The second-order valence-electron chi connectivity index (χ2n) is 3.72. The van der Waals surface area contributed by atoms with E-state index < -0.39 is 21.0 Å². The van der Waals surface area contributed by atoms with Crippen LogP contribution < -0.4 is 0 Å². The molecule has 0 aliphatic rings. The highest BCUT2D eigenvalue weighted by Gasteiger charge is 2.42. The molecule has 0 aromatic carbocycles. The molecule has 0 radical (unpaired) electrons. The maximum absolute atomic E-state index is 11.9. The van der Waals surface area contributed by atoms with Crippen molar-refractivity contribution in [1.29, 1.82) is 0 Å². The quantitative estimate of drug-likeness (QED) is 0.352. The molecule has 0 aliphatic heterocycles. The summed E-state index contributed by atoms with van der Waals surface area (Å²) >= 11 is 0. The second-order valence-corrected chi connectivity index (χ2v) is 6.45. The second kappa shape index (κ2) is 9.32. The predicted octanol–water partition coefficient (Wildman–Crippen LogP) is 2.53. The van der Waals surface area contributed by atoms with Crippen molar-refractivity contribution < 1.29 is 36.0 Å². The highest BCUT2D eigenvalue weighted by atomic mass is 28.4. The fourth-order valence-electron chi connectivity index (χ4n) is 1.54. The zero-order valence-electron chi connectivity index (χ0n) is 11.9. The van der Waals surface area contributed by atoms with Crippen LogP contribution in [-0.2, 0) is 22.8 Å². The number of rotatable bonds is 10. The summed E-state index contributed by atoms with van der Waals surface area (Å²) < 4.78 is 56.5. The Hall–Kier alpha value is -0.643. The number of halogens is 3. The number of carbonyl (C=O) groups excluding carboxylic acids is 1. The van der Waals surface area contributed by atoms with Crippen LogP contribution in [-0.4, -0.2) is 47.4 Å². The Labute approximate surface area is 117 Å². The third kappa shape index (κ3) is 7.22. The molecule has 0 aromatic rings. The Kier molecular flexibility index (Phi) is 9.02. The lowest BCUT2D eigenvalue weighted by molar-refractivity contribution is -0.199. The van der Waals surface area contributed by atoms with E-state index in [0.29, 0.717) is 25.9 Å². The van der Waals surface area contributed by atoms with E-state index in [9.17, 15) is 18.0 Å². The first-order valence-electron chi connectivity index (χ1n) is 6.47. The number of alkyl halides is 3. The third-order valence-electron chi connectivity index (χ3n) is 2.18. The summed E-state index contributed by atoms with van der Waals surface area (Å²) in [6.07, 6.45) is -4.78. The SMILES string of the molecule is CCO[Si](CCCOC(=O)C(F)(F)F)(OCC)OCC. The normalized spacial score (nSPS) is 12.5. The first kappa shape index (κ1) is 19.4. The summed E-state index contributed by atoms with van der Waals surface area (Å²) in [5.74, 6) is -2.19. The molecule has 20 heavy (non-hydrogen) atoms. The lowest BCUT2D eigenvalue weighted by Gasteiger charge is -2.28. The van der Waals surface area contributed by atoms with Crippen LogP contribution in [0.25, 0.3) is 0 Å². The van der Waals surface area contributed by atoms with Gasteiger partial charge in [0.2, 0.25) is 0 Å². The largest absolute Gasteiger partial charge is 0.501 e. The molecule has 9 heteroatoms. The van der Waals surface area contributed by atoms with Crippen molar-refractivity contribution in [3.8, 4) is 0 Å². The summed E-state index contributed by atoms with van der Waals surface area (Å²) in [7, 11) is -2.89. The molecular weight excluding hydrogens is 297 g/mol. The van der Waals surface area contributed by atoms with Gasteiger partial charge in [0.1, 0.15) is 0 Å². The molecule has 0 bridgehead atoms. The van der Waals surface area contributed by atoms with Gasteiger partial charge in [0, 0.05) is 25.9 Å². The minimum Gasteiger partial charge on any atom is -0.459 e. The summed E-state index contributed by atoms with van der Waals surface area (Å²) in [5, 5.41) is 0. The Morgan fingerprint density at radius 1 is 1.00 bits per heavy atom. The van der Waals surface area contributed by atoms with Crippen LogP contribution in [0.1, 0.15) is 27.2 Å². The van der Waals surface area contributed by atoms with Crippen LogP contribution in [0.5, 0.6) is 0 Å². The lowest BCUT2D eigenvalue weighted by atomic mass is 10.5. The monoisotopic (exact) mass is 318 g/mol. The van der Waals surface area contributed by atoms with Gasteiger partial charge in [0.25, 0.3) is 0 Å². The van der Waals surface area contributed by atoms with E-state index in [1.807, 2.05) is 0 Å². The van der Waals surface area contributed by atoms with Crippen molar-refractivity contribution in [2.24, 2.45) is 0 Å². The fraction of sp³-hybridized carbons (Fsp3) is 0.909. The van der Waals surface area contributed by atoms with E-state index >= 15 is 0 Å². The van der Waals surface area contributed by atoms with Crippen LogP contribution in [0.4, 0.5) is 13.2 Å². The molecule has 0 atom stereocenters. The molecule has 0 amide bonds. The van der Waals surface area contributed by atoms with Crippen LogP contribution in [0.3, 0.4) is 0 Å². The van der Waals surface area contributed by atoms with Crippen LogP contribution in [0.15, 0.2) is 0 Å². The van der Waals surface area contributed by atoms with Crippen molar-refractivity contribution >= 4 is 14.8 Å². The maximum Gasteiger partial charge on any atom is 0.501 e.